The van der Waals surface area contributed by atoms with Crippen molar-refractivity contribution < 1.29 is 19.7 Å². The number of aliphatic hydroxyl groups is 2. The minimum Gasteiger partial charge on any atom is -0.393 e. The summed E-state index contributed by atoms with van der Waals surface area (Å²) in [6.07, 6.45) is 9.42. The number of hydrogen-bond donors (Lipinski definition) is 2. The summed E-state index contributed by atoms with van der Waals surface area (Å²) in [6.45, 7) is 12.8. The third-order valence-electron chi connectivity index (χ3n) is 12.5. The number of rotatable bonds is 0. The quantitative estimate of drug-likeness (QED) is 0.540. The highest BCUT2D eigenvalue weighted by molar-refractivity contribution is 5.19. The summed E-state index contributed by atoms with van der Waals surface area (Å²) in [5.74, 6) is 3.56. The first kappa shape index (κ1) is 22.3. The van der Waals surface area contributed by atoms with Crippen molar-refractivity contribution in [3.63, 3.8) is 0 Å². The van der Waals surface area contributed by atoms with Crippen LogP contribution >= 0.6 is 0 Å². The second-order valence-electron chi connectivity index (χ2n) is 13.8. The topological polar surface area (TPSA) is 58.9 Å². The van der Waals surface area contributed by atoms with E-state index in [1.807, 2.05) is 0 Å². The number of hydrogen-bond acceptors (Lipinski definition) is 4. The molecule has 4 saturated carbocycles. The molecule has 4 heteroatoms. The molecule has 0 bridgehead atoms. The molecule has 4 aliphatic carbocycles. The van der Waals surface area contributed by atoms with Crippen molar-refractivity contribution >= 4 is 0 Å². The fraction of sp³-hybridized carbons (Fsp3) is 1.00. The molecule has 13 atom stereocenters. The van der Waals surface area contributed by atoms with E-state index in [1.54, 1.807) is 0 Å². The smallest absolute Gasteiger partial charge is 0.171 e. The van der Waals surface area contributed by atoms with Crippen LogP contribution in [-0.4, -0.2) is 40.4 Å². The monoisotopic (exact) mass is 446 g/mol. The second kappa shape index (κ2) is 6.95. The zero-order chi connectivity index (χ0) is 22.7. The van der Waals surface area contributed by atoms with Crippen molar-refractivity contribution in [3.8, 4) is 0 Å². The minimum atomic E-state index is -0.714. The lowest BCUT2D eigenvalue weighted by Gasteiger charge is -2.66. The first-order chi connectivity index (χ1) is 15.0. The van der Waals surface area contributed by atoms with Crippen LogP contribution in [0.25, 0.3) is 0 Å². The summed E-state index contributed by atoms with van der Waals surface area (Å²) >= 11 is 0. The molecule has 182 valence electrons. The van der Waals surface area contributed by atoms with Gasteiger partial charge in [-0.25, -0.2) is 0 Å². The van der Waals surface area contributed by atoms with Gasteiger partial charge < -0.3 is 19.7 Å². The molecule has 0 unspecified atom stereocenters. The fourth-order valence-electron chi connectivity index (χ4n) is 10.7. The molecule has 6 rings (SSSR count). The van der Waals surface area contributed by atoms with Gasteiger partial charge in [-0.3, -0.25) is 0 Å². The van der Waals surface area contributed by atoms with Crippen LogP contribution in [0.1, 0.15) is 92.4 Å². The number of aliphatic hydroxyl groups excluding tert-OH is 1. The van der Waals surface area contributed by atoms with E-state index >= 15 is 0 Å². The molecule has 0 amide bonds. The van der Waals surface area contributed by atoms with E-state index in [-0.39, 0.29) is 23.2 Å². The van der Waals surface area contributed by atoms with E-state index in [9.17, 15) is 10.2 Å². The maximum atomic E-state index is 11.9. The molecule has 6 aliphatic rings. The highest BCUT2D eigenvalue weighted by Crippen LogP contribution is 2.72. The largest absolute Gasteiger partial charge is 0.393 e. The van der Waals surface area contributed by atoms with Crippen molar-refractivity contribution in [2.24, 2.45) is 52.3 Å². The SMILES string of the molecule is C[C@H]1CC[C@@]2(OC1)O[C@H]1C[C@H]3[C@@H]4C[C@H](C)[C@@]5(O)C[C@@H](O)CC[C@]5(C)[C@H]4CC[C@]3(C)[C@H]1[C@@H]2C. The van der Waals surface area contributed by atoms with Crippen LogP contribution in [-0.2, 0) is 9.47 Å². The molecule has 0 radical (unpaired) electrons. The summed E-state index contributed by atoms with van der Waals surface area (Å²) < 4.78 is 13.4. The van der Waals surface area contributed by atoms with E-state index in [0.717, 1.165) is 32.3 Å². The molecule has 32 heavy (non-hydrogen) atoms. The van der Waals surface area contributed by atoms with E-state index in [2.05, 4.69) is 34.6 Å². The maximum absolute atomic E-state index is 11.9. The van der Waals surface area contributed by atoms with E-state index < -0.39 is 5.60 Å². The van der Waals surface area contributed by atoms with E-state index in [0.29, 0.717) is 53.4 Å². The van der Waals surface area contributed by atoms with Crippen molar-refractivity contribution in [1.29, 1.82) is 0 Å². The van der Waals surface area contributed by atoms with Crippen LogP contribution in [0.5, 0.6) is 0 Å². The summed E-state index contributed by atoms with van der Waals surface area (Å²) in [6, 6.07) is 0. The molecule has 1 spiro atoms. The Hall–Kier alpha value is -0.160. The number of fused-ring (bicyclic) bond motifs is 7. The van der Waals surface area contributed by atoms with Crippen LogP contribution in [0.15, 0.2) is 0 Å². The Morgan fingerprint density at radius 3 is 2.41 bits per heavy atom. The minimum absolute atomic E-state index is 0.0656. The average Bonchev–Trinajstić information content (AvgIpc) is 3.18. The number of ether oxygens (including phenoxy) is 2. The average molecular weight is 447 g/mol. The van der Waals surface area contributed by atoms with Gasteiger partial charge in [0.15, 0.2) is 5.79 Å². The normalized spacial score (nSPS) is 64.0. The third kappa shape index (κ3) is 2.65. The maximum Gasteiger partial charge on any atom is 0.171 e. The van der Waals surface area contributed by atoms with Crippen LogP contribution in [0.3, 0.4) is 0 Å². The molecule has 0 aromatic carbocycles. The summed E-state index contributed by atoms with van der Waals surface area (Å²) in [4.78, 5) is 0. The van der Waals surface area contributed by atoms with Gasteiger partial charge in [0.1, 0.15) is 0 Å². The molecule has 6 fully saturated rings. The molecule has 0 aromatic rings. The van der Waals surface area contributed by atoms with Crippen LogP contribution in [0.2, 0.25) is 0 Å². The Balaban J connectivity index is 1.30. The lowest BCUT2D eigenvalue weighted by Crippen LogP contribution is -2.66. The molecular formula is C28H46O4. The Bertz CT molecular complexity index is 761. The van der Waals surface area contributed by atoms with Gasteiger partial charge in [0.2, 0.25) is 0 Å². The lowest BCUT2D eigenvalue weighted by molar-refractivity contribution is -0.276. The first-order valence-electron chi connectivity index (χ1n) is 13.8. The van der Waals surface area contributed by atoms with Gasteiger partial charge in [0.05, 0.1) is 24.4 Å². The lowest BCUT2D eigenvalue weighted by atomic mass is 9.41. The highest BCUT2D eigenvalue weighted by Gasteiger charge is 2.71. The zero-order valence-electron chi connectivity index (χ0n) is 21.0. The molecule has 2 aliphatic heterocycles. The van der Waals surface area contributed by atoms with Gasteiger partial charge in [-0.2, -0.15) is 0 Å². The second-order valence-corrected chi connectivity index (χ2v) is 13.8. The summed E-state index contributed by atoms with van der Waals surface area (Å²) in [7, 11) is 0. The summed E-state index contributed by atoms with van der Waals surface area (Å²) in [5, 5.41) is 22.3. The predicted molar refractivity (Wildman–Crippen MR) is 124 cm³/mol. The van der Waals surface area contributed by atoms with E-state index in [4.69, 9.17) is 9.47 Å². The molecule has 4 nitrogen and oxygen atoms in total. The van der Waals surface area contributed by atoms with Gasteiger partial charge >= 0.3 is 0 Å². The van der Waals surface area contributed by atoms with Crippen LogP contribution in [0.4, 0.5) is 0 Å². The molecular weight excluding hydrogens is 400 g/mol. The van der Waals surface area contributed by atoms with Crippen molar-refractivity contribution in [1.82, 2.24) is 0 Å². The van der Waals surface area contributed by atoms with Gasteiger partial charge in [-0.1, -0.05) is 34.6 Å². The van der Waals surface area contributed by atoms with Gasteiger partial charge in [-0.15, -0.1) is 0 Å². The van der Waals surface area contributed by atoms with E-state index in [1.165, 1.54) is 25.7 Å². The summed E-state index contributed by atoms with van der Waals surface area (Å²) in [5.41, 5.74) is -0.459. The molecule has 2 saturated heterocycles. The Kier molecular flexibility index (Phi) is 4.85. The Labute approximate surface area is 194 Å². The first-order valence-corrected chi connectivity index (χ1v) is 13.8. The molecule has 0 aromatic heterocycles. The third-order valence-corrected chi connectivity index (χ3v) is 12.5. The van der Waals surface area contributed by atoms with Gasteiger partial charge in [0.25, 0.3) is 0 Å². The van der Waals surface area contributed by atoms with Crippen molar-refractivity contribution in [2.75, 3.05) is 6.61 Å². The Morgan fingerprint density at radius 2 is 1.69 bits per heavy atom. The van der Waals surface area contributed by atoms with Gasteiger partial charge in [0, 0.05) is 18.8 Å². The van der Waals surface area contributed by atoms with Crippen molar-refractivity contribution in [3.05, 3.63) is 0 Å². The van der Waals surface area contributed by atoms with Crippen LogP contribution in [0, 0.1) is 52.3 Å². The molecule has 2 heterocycles. The Morgan fingerprint density at radius 1 is 0.906 bits per heavy atom. The predicted octanol–water partition coefficient (Wildman–Crippen LogP) is 5.15. The van der Waals surface area contributed by atoms with Crippen molar-refractivity contribution in [2.45, 2.75) is 116 Å². The molecule has 2 N–H and O–H groups in total. The standard InChI is InChI=1S/C28H46O4/c1-16-6-11-28(31-15-16)18(3)24-23(32-28)13-22-20-12-17(2)27(30)14-19(29)7-10-26(27,5)21(20)8-9-25(22,24)4/h16-24,29-30H,6-15H2,1-5H3/t16-,17-,18-,19-,20+,21-,22-,23-,24-,25-,26+,27-,28+/m0/s1. The fourth-order valence-corrected chi connectivity index (χ4v) is 10.7. The zero-order valence-corrected chi connectivity index (χ0v) is 21.0. The van der Waals surface area contributed by atoms with Crippen LogP contribution < -0.4 is 0 Å². The highest BCUT2D eigenvalue weighted by atomic mass is 16.7. The van der Waals surface area contributed by atoms with Gasteiger partial charge in [-0.05, 0) is 91.3 Å².